The molecule has 0 spiro atoms. The molecule has 0 N–H and O–H groups in total. The minimum Gasteiger partial charge on any atom is -0.493 e. The summed E-state index contributed by atoms with van der Waals surface area (Å²) >= 11 is 0. The number of ether oxygens (including phenoxy) is 3. The molecule has 2 aromatic carbocycles. The first-order valence-electron chi connectivity index (χ1n) is 8.07. The number of methoxy groups -OCH3 is 2. The van der Waals surface area contributed by atoms with E-state index in [-0.39, 0.29) is 18.3 Å². The van der Waals surface area contributed by atoms with E-state index in [4.69, 9.17) is 14.2 Å². The smallest absolute Gasteiger partial charge is 0.246 e. The van der Waals surface area contributed by atoms with Crippen LogP contribution in [0.4, 0.5) is 4.39 Å². The summed E-state index contributed by atoms with van der Waals surface area (Å²) < 4.78 is 29.2. The van der Waals surface area contributed by atoms with Gasteiger partial charge in [-0.1, -0.05) is 18.2 Å². The Morgan fingerprint density at radius 1 is 1.08 bits per heavy atom. The van der Waals surface area contributed by atoms with Crippen LogP contribution in [0.2, 0.25) is 0 Å². The molecule has 0 aliphatic rings. The third-order valence-corrected chi connectivity index (χ3v) is 3.72. The summed E-state index contributed by atoms with van der Waals surface area (Å²) in [4.78, 5) is 13.7. The predicted molar refractivity (Wildman–Crippen MR) is 98.1 cm³/mol. The standard InChI is InChI=1S/C20H22FNO4/c1-22(12-13-26-17-7-5-4-6-16(17)21)20(23)11-9-15-8-10-18(24-2)19(14-15)25-3/h4-11,14H,12-13H2,1-3H3/b11-9+. The van der Waals surface area contributed by atoms with Crippen molar-refractivity contribution >= 4 is 12.0 Å². The fraction of sp³-hybridized carbons (Fsp3) is 0.250. The lowest BCUT2D eigenvalue weighted by molar-refractivity contribution is -0.125. The summed E-state index contributed by atoms with van der Waals surface area (Å²) in [6.45, 7) is 0.539. The lowest BCUT2D eigenvalue weighted by Crippen LogP contribution is -2.29. The second-order valence-corrected chi connectivity index (χ2v) is 5.49. The maximum absolute atomic E-state index is 13.5. The molecule has 0 unspecified atom stereocenters. The minimum absolute atomic E-state index is 0.175. The van der Waals surface area contributed by atoms with Crippen LogP contribution in [0, 0.1) is 5.82 Å². The number of carbonyl (C=O) groups is 1. The van der Waals surface area contributed by atoms with Crippen molar-refractivity contribution in [3.05, 3.63) is 59.9 Å². The van der Waals surface area contributed by atoms with Gasteiger partial charge in [-0.05, 0) is 35.9 Å². The third-order valence-electron chi connectivity index (χ3n) is 3.72. The van der Waals surface area contributed by atoms with Crippen LogP contribution in [-0.2, 0) is 4.79 Å². The third kappa shape index (κ3) is 5.24. The van der Waals surface area contributed by atoms with E-state index in [0.29, 0.717) is 18.0 Å². The molecule has 0 fully saturated rings. The van der Waals surface area contributed by atoms with Gasteiger partial charge >= 0.3 is 0 Å². The highest BCUT2D eigenvalue weighted by Gasteiger charge is 2.07. The van der Waals surface area contributed by atoms with Crippen LogP contribution in [0.15, 0.2) is 48.5 Å². The van der Waals surface area contributed by atoms with Gasteiger partial charge in [-0.2, -0.15) is 0 Å². The molecule has 0 atom stereocenters. The monoisotopic (exact) mass is 359 g/mol. The number of benzene rings is 2. The van der Waals surface area contributed by atoms with Gasteiger partial charge < -0.3 is 19.1 Å². The van der Waals surface area contributed by atoms with Crippen LogP contribution >= 0.6 is 0 Å². The van der Waals surface area contributed by atoms with E-state index < -0.39 is 5.82 Å². The minimum atomic E-state index is -0.421. The quantitative estimate of drug-likeness (QED) is 0.678. The molecule has 0 bridgehead atoms. The summed E-state index contributed by atoms with van der Waals surface area (Å²) in [7, 11) is 4.78. The van der Waals surface area contributed by atoms with Crippen molar-refractivity contribution in [2.45, 2.75) is 0 Å². The van der Waals surface area contributed by atoms with E-state index >= 15 is 0 Å². The first-order chi connectivity index (χ1) is 12.5. The molecular weight excluding hydrogens is 337 g/mol. The summed E-state index contributed by atoms with van der Waals surface area (Å²) in [5, 5.41) is 0. The number of hydrogen-bond donors (Lipinski definition) is 0. The molecule has 0 saturated heterocycles. The van der Waals surface area contributed by atoms with Gasteiger partial charge in [0.2, 0.25) is 5.91 Å². The van der Waals surface area contributed by atoms with Crippen molar-refractivity contribution in [1.29, 1.82) is 0 Å². The summed E-state index contributed by atoms with van der Waals surface area (Å²) in [5.74, 6) is 0.785. The number of rotatable bonds is 8. The van der Waals surface area contributed by atoms with Crippen LogP contribution in [0.25, 0.3) is 6.08 Å². The van der Waals surface area contributed by atoms with Gasteiger partial charge in [0.15, 0.2) is 23.1 Å². The van der Waals surface area contributed by atoms with Crippen molar-refractivity contribution in [1.82, 2.24) is 4.90 Å². The molecule has 0 saturated carbocycles. The molecule has 5 nitrogen and oxygen atoms in total. The number of likely N-dealkylation sites (N-methyl/N-ethyl adjacent to an activating group) is 1. The van der Waals surface area contributed by atoms with Crippen molar-refractivity contribution in [3.8, 4) is 17.2 Å². The zero-order valence-corrected chi connectivity index (χ0v) is 15.1. The van der Waals surface area contributed by atoms with Crippen LogP contribution in [0.1, 0.15) is 5.56 Å². The fourth-order valence-corrected chi connectivity index (χ4v) is 2.22. The summed E-state index contributed by atoms with van der Waals surface area (Å²) in [5.41, 5.74) is 0.812. The van der Waals surface area contributed by atoms with E-state index in [2.05, 4.69) is 0 Å². The van der Waals surface area contributed by atoms with Crippen LogP contribution < -0.4 is 14.2 Å². The molecule has 0 aromatic heterocycles. The van der Waals surface area contributed by atoms with Gasteiger partial charge in [0.25, 0.3) is 0 Å². The first-order valence-corrected chi connectivity index (χ1v) is 8.07. The van der Waals surface area contributed by atoms with Crippen molar-refractivity contribution in [2.24, 2.45) is 0 Å². The Balaban J connectivity index is 1.88. The molecule has 138 valence electrons. The van der Waals surface area contributed by atoms with Crippen LogP contribution in [-0.4, -0.2) is 45.2 Å². The fourth-order valence-electron chi connectivity index (χ4n) is 2.22. The van der Waals surface area contributed by atoms with Gasteiger partial charge in [0.1, 0.15) is 6.61 Å². The SMILES string of the molecule is COc1ccc(/C=C/C(=O)N(C)CCOc2ccccc2F)cc1OC. The van der Waals surface area contributed by atoms with Gasteiger partial charge in [-0.15, -0.1) is 0 Å². The Labute approximate surface area is 152 Å². The molecule has 0 aliphatic heterocycles. The number of nitrogens with zero attached hydrogens (tertiary/aromatic N) is 1. The highest BCUT2D eigenvalue weighted by Crippen LogP contribution is 2.27. The molecule has 2 rings (SSSR count). The molecule has 1 amide bonds. The van der Waals surface area contributed by atoms with Gasteiger partial charge in [0, 0.05) is 13.1 Å². The number of hydrogen-bond acceptors (Lipinski definition) is 4. The predicted octanol–water partition coefficient (Wildman–Crippen LogP) is 3.39. The van der Waals surface area contributed by atoms with E-state index in [1.807, 2.05) is 6.07 Å². The topological polar surface area (TPSA) is 48.0 Å². The van der Waals surface area contributed by atoms with Gasteiger partial charge in [-0.3, -0.25) is 4.79 Å². The Bertz CT molecular complexity index is 776. The number of amides is 1. The molecule has 6 heteroatoms. The largest absolute Gasteiger partial charge is 0.493 e. The molecular formula is C20H22FNO4. The number of halogens is 1. The van der Waals surface area contributed by atoms with E-state index in [0.717, 1.165) is 5.56 Å². The Morgan fingerprint density at radius 2 is 1.81 bits per heavy atom. The van der Waals surface area contributed by atoms with Crippen molar-refractivity contribution < 1.29 is 23.4 Å². The molecule has 0 aliphatic carbocycles. The first kappa shape index (κ1) is 19.3. The average Bonchev–Trinajstić information content (AvgIpc) is 2.67. The van der Waals surface area contributed by atoms with Crippen LogP contribution in [0.3, 0.4) is 0 Å². The van der Waals surface area contributed by atoms with Crippen molar-refractivity contribution in [3.63, 3.8) is 0 Å². The zero-order valence-electron chi connectivity index (χ0n) is 15.1. The van der Waals surface area contributed by atoms with Crippen molar-refractivity contribution in [2.75, 3.05) is 34.4 Å². The Hall–Kier alpha value is -3.02. The highest BCUT2D eigenvalue weighted by atomic mass is 19.1. The summed E-state index contributed by atoms with van der Waals surface area (Å²) in [6, 6.07) is 11.5. The maximum atomic E-state index is 13.5. The second kappa shape index (κ2) is 9.46. The normalized spacial score (nSPS) is 10.6. The Morgan fingerprint density at radius 3 is 2.50 bits per heavy atom. The van der Waals surface area contributed by atoms with E-state index in [1.54, 1.807) is 57.7 Å². The molecule has 0 radical (unpaired) electrons. The second-order valence-electron chi connectivity index (χ2n) is 5.49. The van der Waals surface area contributed by atoms with Gasteiger partial charge in [0.05, 0.1) is 20.8 Å². The lowest BCUT2D eigenvalue weighted by Gasteiger charge is -2.15. The zero-order chi connectivity index (χ0) is 18.9. The Kier molecular flexibility index (Phi) is 7.02. The maximum Gasteiger partial charge on any atom is 0.246 e. The molecule has 0 heterocycles. The number of para-hydroxylation sites is 1. The lowest BCUT2D eigenvalue weighted by atomic mass is 10.2. The summed E-state index contributed by atoms with van der Waals surface area (Å²) in [6.07, 6.45) is 3.16. The van der Waals surface area contributed by atoms with E-state index in [1.165, 1.54) is 17.0 Å². The van der Waals surface area contributed by atoms with Gasteiger partial charge in [-0.25, -0.2) is 4.39 Å². The van der Waals surface area contributed by atoms with E-state index in [9.17, 15) is 9.18 Å². The molecule has 26 heavy (non-hydrogen) atoms. The average molecular weight is 359 g/mol. The number of carbonyl (C=O) groups excluding carboxylic acids is 1. The highest BCUT2D eigenvalue weighted by molar-refractivity contribution is 5.91. The molecule has 2 aromatic rings. The van der Waals surface area contributed by atoms with Crippen LogP contribution in [0.5, 0.6) is 17.2 Å².